The Morgan fingerprint density at radius 2 is 2.00 bits per heavy atom. The van der Waals surface area contributed by atoms with Crippen LogP contribution >= 0.6 is 0 Å². The number of hydrogen-bond acceptors (Lipinski definition) is 3. The third-order valence-corrected chi connectivity index (χ3v) is 4.01. The maximum absolute atomic E-state index is 12.2. The normalized spacial score (nSPS) is 17.7. The topological polar surface area (TPSA) is 58.4 Å². The molecule has 21 heavy (non-hydrogen) atoms. The summed E-state index contributed by atoms with van der Waals surface area (Å²) in [6.45, 7) is 9.22. The number of nitrogens with one attached hydrogen (secondary N) is 1. The molecule has 0 aromatic heterocycles. The van der Waals surface area contributed by atoms with E-state index in [1.807, 2.05) is 39.0 Å². The van der Waals surface area contributed by atoms with Gasteiger partial charge >= 0.3 is 0 Å². The number of hydrogen-bond donors (Lipinski definition) is 2. The molecule has 1 aliphatic rings. The Morgan fingerprint density at radius 1 is 1.33 bits per heavy atom. The maximum Gasteiger partial charge on any atom is 0.241 e. The summed E-state index contributed by atoms with van der Waals surface area (Å²) in [5.74, 6) is -0.124. The summed E-state index contributed by atoms with van der Waals surface area (Å²) in [7, 11) is 0. The third kappa shape index (κ3) is 4.55. The first-order valence-electron chi connectivity index (χ1n) is 7.74. The standard InChI is InChI=1S/C17H27N3O/c1-17(2,3)15(18)16(21)19-14-8-6-7-13(11-14)12-20-9-4-5-10-20/h6-8,11,15H,4-5,9-10,12,18H2,1-3H3,(H,19,21)/t15-/m0/s1. The molecule has 0 aliphatic carbocycles. The van der Waals surface area contributed by atoms with Crippen molar-refractivity contribution in [3.05, 3.63) is 29.8 Å². The molecule has 0 radical (unpaired) electrons. The first kappa shape index (κ1) is 16.0. The molecule has 0 bridgehead atoms. The Balaban J connectivity index is 1.98. The Morgan fingerprint density at radius 3 is 2.62 bits per heavy atom. The van der Waals surface area contributed by atoms with Gasteiger partial charge in [-0.05, 0) is 49.0 Å². The molecule has 1 atom stereocenters. The Kier molecular flexibility index (Phi) is 5.01. The zero-order valence-electron chi connectivity index (χ0n) is 13.4. The van der Waals surface area contributed by atoms with Gasteiger partial charge in [-0.15, -0.1) is 0 Å². The third-order valence-electron chi connectivity index (χ3n) is 4.01. The van der Waals surface area contributed by atoms with E-state index in [0.29, 0.717) is 0 Å². The van der Waals surface area contributed by atoms with Crippen LogP contribution in [0.5, 0.6) is 0 Å². The van der Waals surface area contributed by atoms with Crippen LogP contribution in [0.25, 0.3) is 0 Å². The molecule has 0 unspecified atom stereocenters. The van der Waals surface area contributed by atoms with Gasteiger partial charge in [0.25, 0.3) is 0 Å². The van der Waals surface area contributed by atoms with Crippen molar-refractivity contribution in [3.8, 4) is 0 Å². The summed E-state index contributed by atoms with van der Waals surface area (Å²) >= 11 is 0. The fourth-order valence-corrected chi connectivity index (χ4v) is 2.56. The fourth-order valence-electron chi connectivity index (χ4n) is 2.56. The molecular formula is C17H27N3O. The zero-order chi connectivity index (χ0) is 15.5. The highest BCUT2D eigenvalue weighted by Crippen LogP contribution is 2.20. The molecule has 1 saturated heterocycles. The Labute approximate surface area is 127 Å². The van der Waals surface area contributed by atoms with Gasteiger partial charge in [0.05, 0.1) is 6.04 Å². The van der Waals surface area contributed by atoms with Crippen LogP contribution in [0.15, 0.2) is 24.3 Å². The van der Waals surface area contributed by atoms with E-state index in [-0.39, 0.29) is 11.3 Å². The van der Waals surface area contributed by atoms with Crippen LogP contribution in [0.2, 0.25) is 0 Å². The van der Waals surface area contributed by atoms with Crippen molar-refractivity contribution in [2.75, 3.05) is 18.4 Å². The highest BCUT2D eigenvalue weighted by Gasteiger charge is 2.27. The van der Waals surface area contributed by atoms with E-state index in [0.717, 1.165) is 12.2 Å². The molecule has 4 nitrogen and oxygen atoms in total. The van der Waals surface area contributed by atoms with Gasteiger partial charge in [-0.3, -0.25) is 9.69 Å². The quantitative estimate of drug-likeness (QED) is 0.895. The van der Waals surface area contributed by atoms with Crippen molar-refractivity contribution in [1.82, 2.24) is 4.90 Å². The summed E-state index contributed by atoms with van der Waals surface area (Å²) in [6.07, 6.45) is 2.58. The highest BCUT2D eigenvalue weighted by molar-refractivity contribution is 5.95. The summed E-state index contributed by atoms with van der Waals surface area (Å²) in [6, 6.07) is 7.55. The van der Waals surface area contributed by atoms with Gasteiger partial charge in [0.2, 0.25) is 5.91 Å². The van der Waals surface area contributed by atoms with Crippen LogP contribution in [0.4, 0.5) is 5.69 Å². The molecule has 3 N–H and O–H groups in total. The minimum Gasteiger partial charge on any atom is -0.325 e. The van der Waals surface area contributed by atoms with Gasteiger partial charge in [0.15, 0.2) is 0 Å². The van der Waals surface area contributed by atoms with E-state index >= 15 is 0 Å². The minimum atomic E-state index is -0.514. The number of likely N-dealkylation sites (tertiary alicyclic amines) is 1. The second kappa shape index (κ2) is 6.58. The van der Waals surface area contributed by atoms with Crippen molar-refractivity contribution >= 4 is 11.6 Å². The van der Waals surface area contributed by atoms with Gasteiger partial charge in [0, 0.05) is 12.2 Å². The Hall–Kier alpha value is -1.39. The van der Waals surface area contributed by atoms with Crippen molar-refractivity contribution in [2.45, 2.75) is 46.2 Å². The van der Waals surface area contributed by atoms with Crippen LogP contribution in [0.1, 0.15) is 39.2 Å². The van der Waals surface area contributed by atoms with Crippen molar-refractivity contribution in [1.29, 1.82) is 0 Å². The number of nitrogens with zero attached hydrogens (tertiary/aromatic N) is 1. The van der Waals surface area contributed by atoms with Gasteiger partial charge in [-0.1, -0.05) is 32.9 Å². The molecular weight excluding hydrogens is 262 g/mol. The average Bonchev–Trinajstić information content (AvgIpc) is 2.90. The largest absolute Gasteiger partial charge is 0.325 e. The molecule has 1 fully saturated rings. The minimum absolute atomic E-state index is 0.124. The predicted octanol–water partition coefficient (Wildman–Crippen LogP) is 2.59. The van der Waals surface area contributed by atoms with Crippen molar-refractivity contribution in [3.63, 3.8) is 0 Å². The monoisotopic (exact) mass is 289 g/mol. The number of nitrogens with two attached hydrogens (primary N) is 1. The number of benzene rings is 1. The Bertz CT molecular complexity index is 487. The molecule has 1 heterocycles. The molecule has 116 valence electrons. The lowest BCUT2D eigenvalue weighted by Gasteiger charge is -2.26. The van der Waals surface area contributed by atoms with Crippen molar-refractivity contribution in [2.24, 2.45) is 11.1 Å². The molecule has 2 rings (SSSR count). The molecule has 1 aliphatic heterocycles. The van der Waals surface area contributed by atoms with Gasteiger partial charge in [-0.2, -0.15) is 0 Å². The SMILES string of the molecule is CC(C)(C)[C@@H](N)C(=O)Nc1cccc(CN2CCCC2)c1. The molecule has 1 amide bonds. The lowest BCUT2D eigenvalue weighted by molar-refractivity contribution is -0.119. The first-order valence-corrected chi connectivity index (χ1v) is 7.74. The second-order valence-corrected chi connectivity index (χ2v) is 7.02. The fraction of sp³-hybridized carbons (Fsp3) is 0.588. The summed E-state index contributed by atoms with van der Waals surface area (Å²) in [4.78, 5) is 14.6. The van der Waals surface area contributed by atoms with E-state index in [2.05, 4.69) is 16.3 Å². The van der Waals surface area contributed by atoms with E-state index in [4.69, 9.17) is 5.73 Å². The maximum atomic E-state index is 12.2. The molecule has 1 aromatic rings. The lowest BCUT2D eigenvalue weighted by Crippen LogP contribution is -2.45. The molecule has 4 heteroatoms. The zero-order valence-corrected chi connectivity index (χ0v) is 13.4. The lowest BCUT2D eigenvalue weighted by atomic mass is 9.87. The van der Waals surface area contributed by atoms with E-state index < -0.39 is 6.04 Å². The number of anilines is 1. The van der Waals surface area contributed by atoms with Gasteiger partial charge < -0.3 is 11.1 Å². The van der Waals surface area contributed by atoms with Gasteiger partial charge in [0.1, 0.15) is 0 Å². The van der Waals surface area contributed by atoms with Crippen LogP contribution in [0.3, 0.4) is 0 Å². The molecule has 1 aromatic carbocycles. The van der Waals surface area contributed by atoms with Crippen LogP contribution in [-0.2, 0) is 11.3 Å². The number of rotatable bonds is 4. The molecule has 0 saturated carbocycles. The number of carbonyl (C=O) groups excluding carboxylic acids is 1. The van der Waals surface area contributed by atoms with Crippen LogP contribution in [0, 0.1) is 5.41 Å². The smallest absolute Gasteiger partial charge is 0.241 e. The van der Waals surface area contributed by atoms with Gasteiger partial charge in [-0.25, -0.2) is 0 Å². The predicted molar refractivity (Wildman–Crippen MR) is 87.0 cm³/mol. The summed E-state index contributed by atoms with van der Waals surface area (Å²) in [5, 5.41) is 2.93. The van der Waals surface area contributed by atoms with Crippen LogP contribution in [-0.4, -0.2) is 29.9 Å². The highest BCUT2D eigenvalue weighted by atomic mass is 16.2. The summed E-state index contributed by atoms with van der Waals surface area (Å²) in [5.41, 5.74) is 7.82. The summed E-state index contributed by atoms with van der Waals surface area (Å²) < 4.78 is 0. The average molecular weight is 289 g/mol. The van der Waals surface area contributed by atoms with Crippen LogP contribution < -0.4 is 11.1 Å². The van der Waals surface area contributed by atoms with Crippen molar-refractivity contribution < 1.29 is 4.79 Å². The van der Waals surface area contributed by atoms with E-state index in [9.17, 15) is 4.79 Å². The first-order chi connectivity index (χ1) is 9.86. The van der Waals surface area contributed by atoms with E-state index in [1.54, 1.807) is 0 Å². The molecule has 0 spiro atoms. The number of amides is 1. The van der Waals surface area contributed by atoms with E-state index in [1.165, 1.54) is 31.5 Å². The second-order valence-electron chi connectivity index (χ2n) is 7.02. The number of carbonyl (C=O) groups is 1.